The maximum atomic E-state index is 12.2. The van der Waals surface area contributed by atoms with Gasteiger partial charge in [-0.3, -0.25) is 9.59 Å². The van der Waals surface area contributed by atoms with E-state index < -0.39 is 6.10 Å². The van der Waals surface area contributed by atoms with Gasteiger partial charge in [0.05, 0.1) is 6.61 Å². The van der Waals surface area contributed by atoms with E-state index in [2.05, 4.69) is 50.3 Å². The number of aliphatic hydroxyl groups excluding tert-OH is 1. The van der Waals surface area contributed by atoms with E-state index in [0.29, 0.717) is 12.8 Å². The predicted octanol–water partition coefficient (Wildman–Crippen LogP) is 13.6. The molecule has 292 valence electrons. The molecule has 0 saturated carbocycles. The number of carbonyl (C=O) groups excluding carboxylic acids is 2. The number of esters is 2. The van der Waals surface area contributed by atoms with E-state index in [1.807, 2.05) is 0 Å². The SMILES string of the molecule is CCCCC/C=C\C/C=C\CCCCCCCCCCCC(=O)O[C@@H](CO)COC(=O)CCCCCCCCC/C=C\CCCCCCCC. The van der Waals surface area contributed by atoms with Crippen molar-refractivity contribution in [2.24, 2.45) is 0 Å². The van der Waals surface area contributed by atoms with Crippen LogP contribution in [0.1, 0.15) is 219 Å². The van der Waals surface area contributed by atoms with E-state index >= 15 is 0 Å². The molecule has 0 amide bonds. The fourth-order valence-corrected chi connectivity index (χ4v) is 6.11. The summed E-state index contributed by atoms with van der Waals surface area (Å²) >= 11 is 0. The first-order chi connectivity index (χ1) is 24.6. The van der Waals surface area contributed by atoms with Gasteiger partial charge in [0.25, 0.3) is 0 Å². The zero-order valence-corrected chi connectivity index (χ0v) is 33.2. The Labute approximate surface area is 310 Å². The van der Waals surface area contributed by atoms with Gasteiger partial charge in [0.1, 0.15) is 6.61 Å². The summed E-state index contributed by atoms with van der Waals surface area (Å²) in [6.07, 6.45) is 50.6. The molecule has 0 unspecified atom stereocenters. The molecule has 0 aromatic rings. The minimum atomic E-state index is -0.774. The topological polar surface area (TPSA) is 72.8 Å². The second kappa shape index (κ2) is 41.5. The van der Waals surface area contributed by atoms with Crippen molar-refractivity contribution in [3.8, 4) is 0 Å². The first-order valence-electron chi connectivity index (χ1n) is 21.5. The number of aliphatic hydroxyl groups is 1. The van der Waals surface area contributed by atoms with Gasteiger partial charge in [-0.2, -0.15) is 0 Å². The Hall–Kier alpha value is -1.88. The average Bonchev–Trinajstić information content (AvgIpc) is 3.12. The number of carbonyl (C=O) groups is 2. The van der Waals surface area contributed by atoms with E-state index in [1.165, 1.54) is 148 Å². The Kier molecular flexibility index (Phi) is 40.0. The van der Waals surface area contributed by atoms with Crippen molar-refractivity contribution in [1.82, 2.24) is 0 Å². The van der Waals surface area contributed by atoms with Crippen LogP contribution in [0, 0.1) is 0 Å². The first-order valence-corrected chi connectivity index (χ1v) is 21.5. The molecule has 5 nitrogen and oxygen atoms in total. The van der Waals surface area contributed by atoms with Gasteiger partial charge in [0, 0.05) is 12.8 Å². The quantitative estimate of drug-likeness (QED) is 0.0392. The van der Waals surface area contributed by atoms with Crippen LogP contribution < -0.4 is 0 Å². The van der Waals surface area contributed by atoms with Crippen LogP contribution in [0.5, 0.6) is 0 Å². The molecule has 0 aromatic carbocycles. The summed E-state index contributed by atoms with van der Waals surface area (Å²) in [5.74, 6) is -0.595. The van der Waals surface area contributed by atoms with E-state index in [0.717, 1.165) is 44.9 Å². The lowest BCUT2D eigenvalue weighted by Crippen LogP contribution is -2.28. The Morgan fingerprint density at radius 3 is 1.24 bits per heavy atom. The molecule has 0 saturated heterocycles. The van der Waals surface area contributed by atoms with E-state index in [4.69, 9.17) is 9.47 Å². The van der Waals surface area contributed by atoms with Crippen LogP contribution in [-0.4, -0.2) is 36.4 Å². The highest BCUT2D eigenvalue weighted by Gasteiger charge is 2.16. The average molecular weight is 703 g/mol. The second-order valence-corrected chi connectivity index (χ2v) is 14.4. The van der Waals surface area contributed by atoms with Crippen LogP contribution in [0.3, 0.4) is 0 Å². The molecule has 1 atom stereocenters. The zero-order valence-electron chi connectivity index (χ0n) is 33.2. The Bertz CT molecular complexity index is 801. The Morgan fingerprint density at radius 1 is 0.460 bits per heavy atom. The molecule has 0 aliphatic heterocycles. The van der Waals surface area contributed by atoms with Gasteiger partial charge < -0.3 is 14.6 Å². The summed E-state index contributed by atoms with van der Waals surface area (Å²) in [5.41, 5.74) is 0. The van der Waals surface area contributed by atoms with E-state index in [9.17, 15) is 14.7 Å². The predicted molar refractivity (Wildman–Crippen MR) is 214 cm³/mol. The highest BCUT2D eigenvalue weighted by Crippen LogP contribution is 2.14. The molecule has 50 heavy (non-hydrogen) atoms. The molecule has 1 N–H and O–H groups in total. The van der Waals surface area contributed by atoms with Crippen LogP contribution in [0.4, 0.5) is 0 Å². The third-order valence-electron chi connectivity index (χ3n) is 9.41. The van der Waals surface area contributed by atoms with Crippen LogP contribution in [0.2, 0.25) is 0 Å². The maximum absolute atomic E-state index is 12.2. The normalized spacial score (nSPS) is 12.5. The van der Waals surface area contributed by atoms with E-state index in [-0.39, 0.29) is 25.2 Å². The van der Waals surface area contributed by atoms with Gasteiger partial charge in [-0.15, -0.1) is 0 Å². The molecule has 0 aliphatic carbocycles. The van der Waals surface area contributed by atoms with Crippen molar-refractivity contribution >= 4 is 11.9 Å². The third-order valence-corrected chi connectivity index (χ3v) is 9.41. The molecule has 0 aromatic heterocycles. The molecule has 0 fully saturated rings. The Balaban J connectivity index is 3.54. The summed E-state index contributed by atoms with van der Waals surface area (Å²) in [6, 6.07) is 0. The lowest BCUT2D eigenvalue weighted by atomic mass is 10.1. The zero-order chi connectivity index (χ0) is 36.4. The van der Waals surface area contributed by atoms with Gasteiger partial charge in [0.2, 0.25) is 0 Å². The van der Waals surface area contributed by atoms with Crippen molar-refractivity contribution in [3.05, 3.63) is 36.5 Å². The minimum Gasteiger partial charge on any atom is -0.462 e. The molecule has 0 rings (SSSR count). The van der Waals surface area contributed by atoms with Crippen LogP contribution in [0.25, 0.3) is 0 Å². The largest absolute Gasteiger partial charge is 0.462 e. The third kappa shape index (κ3) is 38.9. The molecule has 0 bridgehead atoms. The number of unbranched alkanes of at least 4 members (excludes halogenated alkanes) is 25. The first kappa shape index (κ1) is 48.1. The molecule has 5 heteroatoms. The fraction of sp³-hybridized carbons (Fsp3) is 0.822. The van der Waals surface area contributed by atoms with Gasteiger partial charge >= 0.3 is 11.9 Å². The van der Waals surface area contributed by atoms with Gasteiger partial charge in [-0.1, -0.05) is 172 Å². The standard InChI is InChI=1S/C45H82O5/c1-3-5-7-9-11-13-15-17-19-21-22-24-26-28-30-32-34-36-38-40-45(48)50-43(41-46)42-49-44(47)39-37-35-33-31-29-27-25-23-20-18-16-14-12-10-8-6-4-2/h11,13,17-20,43,46H,3-10,12,14-16,21-42H2,1-2H3/b13-11-,19-17-,20-18-/t43-/m0/s1. The van der Waals surface area contributed by atoms with Crippen molar-refractivity contribution in [3.63, 3.8) is 0 Å². The monoisotopic (exact) mass is 703 g/mol. The van der Waals surface area contributed by atoms with Crippen molar-refractivity contribution < 1.29 is 24.2 Å². The maximum Gasteiger partial charge on any atom is 0.306 e. The molecular weight excluding hydrogens is 620 g/mol. The molecule has 0 radical (unpaired) electrons. The van der Waals surface area contributed by atoms with Gasteiger partial charge in [0.15, 0.2) is 6.10 Å². The molecular formula is C45H82O5. The number of rotatable bonds is 39. The molecule has 0 aliphatic rings. The number of hydrogen-bond acceptors (Lipinski definition) is 5. The van der Waals surface area contributed by atoms with Crippen LogP contribution >= 0.6 is 0 Å². The fourth-order valence-electron chi connectivity index (χ4n) is 6.11. The summed E-state index contributed by atoms with van der Waals surface area (Å²) in [4.78, 5) is 24.3. The summed E-state index contributed by atoms with van der Waals surface area (Å²) in [5, 5.41) is 9.58. The minimum absolute atomic E-state index is 0.0682. The second-order valence-electron chi connectivity index (χ2n) is 14.4. The number of ether oxygens (including phenoxy) is 2. The van der Waals surface area contributed by atoms with Crippen molar-refractivity contribution in [2.45, 2.75) is 225 Å². The van der Waals surface area contributed by atoms with Crippen LogP contribution in [-0.2, 0) is 19.1 Å². The highest BCUT2D eigenvalue weighted by atomic mass is 16.6. The summed E-state index contributed by atoms with van der Waals surface area (Å²) in [7, 11) is 0. The van der Waals surface area contributed by atoms with Crippen molar-refractivity contribution in [1.29, 1.82) is 0 Å². The van der Waals surface area contributed by atoms with Crippen molar-refractivity contribution in [2.75, 3.05) is 13.2 Å². The highest BCUT2D eigenvalue weighted by molar-refractivity contribution is 5.70. The van der Waals surface area contributed by atoms with Gasteiger partial charge in [-0.25, -0.2) is 0 Å². The smallest absolute Gasteiger partial charge is 0.306 e. The lowest BCUT2D eigenvalue weighted by molar-refractivity contribution is -0.161. The lowest BCUT2D eigenvalue weighted by Gasteiger charge is -2.15. The van der Waals surface area contributed by atoms with Crippen LogP contribution in [0.15, 0.2) is 36.5 Å². The molecule has 0 heterocycles. The number of hydrogen-bond donors (Lipinski definition) is 1. The Morgan fingerprint density at radius 2 is 0.800 bits per heavy atom. The van der Waals surface area contributed by atoms with E-state index in [1.54, 1.807) is 0 Å². The summed E-state index contributed by atoms with van der Waals surface area (Å²) in [6.45, 7) is 4.11. The summed E-state index contributed by atoms with van der Waals surface area (Å²) < 4.78 is 10.6. The molecule has 0 spiro atoms. The van der Waals surface area contributed by atoms with Gasteiger partial charge in [-0.05, 0) is 70.6 Å². The number of allylic oxidation sites excluding steroid dienone is 6.